The van der Waals surface area contributed by atoms with Crippen LogP contribution in [0.1, 0.15) is 29.8 Å². The molecule has 0 radical (unpaired) electrons. The molecule has 0 bridgehead atoms. The van der Waals surface area contributed by atoms with Crippen molar-refractivity contribution in [2.24, 2.45) is 0 Å². The lowest BCUT2D eigenvalue weighted by Gasteiger charge is -2.21. The number of nitrogens with one attached hydrogen (secondary N) is 1. The van der Waals surface area contributed by atoms with E-state index in [0.29, 0.717) is 5.69 Å². The Kier molecular flexibility index (Phi) is 8.00. The summed E-state index contributed by atoms with van der Waals surface area (Å²) in [6.07, 6.45) is 0. The maximum Gasteiger partial charge on any atom is 0.254 e. The molecule has 0 aliphatic heterocycles. The smallest absolute Gasteiger partial charge is 0.254 e. The second-order valence-corrected chi connectivity index (χ2v) is 9.12. The Labute approximate surface area is 182 Å². The average Bonchev–Trinajstić information content (AvgIpc) is 2.70. The van der Waals surface area contributed by atoms with E-state index in [0.717, 1.165) is 5.56 Å². The Hall–Kier alpha value is -2.42. The molecule has 2 aromatic carbocycles. The van der Waals surface area contributed by atoms with Crippen molar-refractivity contribution in [2.75, 3.05) is 32.0 Å². The van der Waals surface area contributed by atoms with Crippen molar-refractivity contribution in [3.63, 3.8) is 0 Å². The van der Waals surface area contributed by atoms with E-state index in [1.54, 1.807) is 26.0 Å². The van der Waals surface area contributed by atoms with E-state index >= 15 is 0 Å². The van der Waals surface area contributed by atoms with Crippen LogP contribution in [-0.4, -0.2) is 56.1 Å². The van der Waals surface area contributed by atoms with Crippen LogP contribution in [0.15, 0.2) is 47.4 Å². The first-order valence-electron chi connectivity index (χ1n) is 9.51. The van der Waals surface area contributed by atoms with Gasteiger partial charge in [-0.3, -0.25) is 9.59 Å². The van der Waals surface area contributed by atoms with Crippen molar-refractivity contribution in [1.29, 1.82) is 0 Å². The van der Waals surface area contributed by atoms with E-state index < -0.39 is 15.9 Å². The number of aryl methyl sites for hydroxylation is 1. The fourth-order valence-corrected chi connectivity index (χ4v) is 4.84. The van der Waals surface area contributed by atoms with E-state index in [1.807, 2.05) is 19.1 Å². The van der Waals surface area contributed by atoms with E-state index in [1.165, 1.54) is 34.5 Å². The first kappa shape index (κ1) is 23.9. The normalized spacial score (nSPS) is 11.4. The number of nitrogens with zero attached hydrogens (tertiary/aromatic N) is 2. The summed E-state index contributed by atoms with van der Waals surface area (Å²) >= 11 is 6.11. The van der Waals surface area contributed by atoms with Crippen LogP contribution in [0.4, 0.5) is 5.69 Å². The molecule has 30 heavy (non-hydrogen) atoms. The number of hydrogen-bond acceptors (Lipinski definition) is 4. The highest BCUT2D eigenvalue weighted by atomic mass is 35.5. The number of carbonyl (C=O) groups is 2. The molecule has 162 valence electrons. The zero-order valence-corrected chi connectivity index (χ0v) is 19.0. The highest BCUT2D eigenvalue weighted by molar-refractivity contribution is 7.89. The Bertz CT molecular complexity index is 1020. The average molecular weight is 452 g/mol. The van der Waals surface area contributed by atoms with Gasteiger partial charge in [-0.1, -0.05) is 43.1 Å². The third-order valence-corrected chi connectivity index (χ3v) is 7.10. The SMILES string of the molecule is CCN(CC)S(=O)(=O)c1cc(C(=O)N(C)CC(=O)Nc2ccc(C)cc2)ccc1Cl. The van der Waals surface area contributed by atoms with E-state index in [9.17, 15) is 18.0 Å². The van der Waals surface area contributed by atoms with Gasteiger partial charge in [0.25, 0.3) is 5.91 Å². The molecule has 1 N–H and O–H groups in total. The van der Waals surface area contributed by atoms with Crippen LogP contribution in [-0.2, 0) is 14.8 Å². The highest BCUT2D eigenvalue weighted by Crippen LogP contribution is 2.26. The molecule has 0 heterocycles. The summed E-state index contributed by atoms with van der Waals surface area (Å²) in [6.45, 7) is 5.78. The van der Waals surface area contributed by atoms with Crippen molar-refractivity contribution in [3.05, 3.63) is 58.6 Å². The number of hydrogen-bond donors (Lipinski definition) is 1. The van der Waals surface area contributed by atoms with Gasteiger partial charge in [0.05, 0.1) is 11.6 Å². The van der Waals surface area contributed by atoms with Crippen LogP contribution in [0.2, 0.25) is 5.02 Å². The van der Waals surface area contributed by atoms with Crippen LogP contribution in [0, 0.1) is 6.92 Å². The molecule has 0 aliphatic carbocycles. The van der Waals surface area contributed by atoms with Gasteiger partial charge < -0.3 is 10.2 Å². The predicted molar refractivity (Wildman–Crippen MR) is 118 cm³/mol. The standard InChI is InChI=1S/C21H26ClN3O4S/c1-5-25(6-2)30(28,29)19-13-16(9-12-18(19)22)21(27)24(4)14-20(26)23-17-10-7-15(3)8-11-17/h7-13H,5-6,14H2,1-4H3,(H,23,26). The second-order valence-electron chi connectivity index (χ2n) is 6.81. The summed E-state index contributed by atoms with van der Waals surface area (Å²) in [5.74, 6) is -0.846. The molecule has 0 saturated carbocycles. The summed E-state index contributed by atoms with van der Waals surface area (Å²) in [5, 5.41) is 2.76. The Morgan fingerprint density at radius 2 is 1.63 bits per heavy atom. The Morgan fingerprint density at radius 3 is 2.20 bits per heavy atom. The summed E-state index contributed by atoms with van der Waals surface area (Å²) in [6, 6.07) is 11.4. The molecule has 0 spiro atoms. The zero-order chi connectivity index (χ0) is 22.5. The fourth-order valence-electron chi connectivity index (χ4n) is 2.88. The molecule has 2 amide bonds. The first-order chi connectivity index (χ1) is 14.1. The van der Waals surface area contributed by atoms with Crippen molar-refractivity contribution in [3.8, 4) is 0 Å². The lowest BCUT2D eigenvalue weighted by Crippen LogP contribution is -2.35. The minimum atomic E-state index is -3.83. The predicted octanol–water partition coefficient (Wildman–Crippen LogP) is 3.39. The second kappa shape index (κ2) is 10.1. The van der Waals surface area contributed by atoms with Gasteiger partial charge >= 0.3 is 0 Å². The monoisotopic (exact) mass is 451 g/mol. The molecule has 0 atom stereocenters. The van der Waals surface area contributed by atoms with Crippen molar-refractivity contribution >= 4 is 39.1 Å². The highest BCUT2D eigenvalue weighted by Gasteiger charge is 2.26. The Balaban J connectivity index is 2.17. The van der Waals surface area contributed by atoms with Gasteiger partial charge in [0.2, 0.25) is 15.9 Å². The summed E-state index contributed by atoms with van der Waals surface area (Å²) in [7, 11) is -2.35. The van der Waals surface area contributed by atoms with Crippen molar-refractivity contribution < 1.29 is 18.0 Å². The molecule has 9 heteroatoms. The van der Waals surface area contributed by atoms with Gasteiger partial charge in [0.1, 0.15) is 4.90 Å². The minimum Gasteiger partial charge on any atom is -0.332 e. The topological polar surface area (TPSA) is 86.8 Å². The van der Waals surface area contributed by atoms with E-state index in [4.69, 9.17) is 11.6 Å². The lowest BCUT2D eigenvalue weighted by atomic mass is 10.2. The summed E-state index contributed by atoms with van der Waals surface area (Å²) < 4.78 is 26.9. The van der Waals surface area contributed by atoms with Crippen LogP contribution >= 0.6 is 11.6 Å². The fraction of sp³-hybridized carbons (Fsp3) is 0.333. The van der Waals surface area contributed by atoms with Crippen molar-refractivity contribution in [2.45, 2.75) is 25.7 Å². The number of carbonyl (C=O) groups excluding carboxylic acids is 2. The number of likely N-dealkylation sites (N-methyl/N-ethyl adjacent to an activating group) is 1. The van der Waals surface area contributed by atoms with Gasteiger partial charge in [-0.2, -0.15) is 4.31 Å². The Morgan fingerprint density at radius 1 is 1.03 bits per heavy atom. The number of sulfonamides is 1. The van der Waals surface area contributed by atoms with Gasteiger partial charge in [0, 0.05) is 31.4 Å². The maximum atomic E-state index is 12.8. The van der Waals surface area contributed by atoms with Gasteiger partial charge in [-0.15, -0.1) is 0 Å². The number of halogens is 1. The number of benzene rings is 2. The summed E-state index contributed by atoms with van der Waals surface area (Å²) in [4.78, 5) is 26.1. The largest absolute Gasteiger partial charge is 0.332 e. The molecule has 7 nitrogen and oxygen atoms in total. The van der Waals surface area contributed by atoms with Crippen LogP contribution in [0.3, 0.4) is 0 Å². The van der Waals surface area contributed by atoms with Crippen LogP contribution in [0.5, 0.6) is 0 Å². The zero-order valence-electron chi connectivity index (χ0n) is 17.5. The molecular formula is C21H26ClN3O4S. The third-order valence-electron chi connectivity index (χ3n) is 4.56. The van der Waals surface area contributed by atoms with Gasteiger partial charge in [0.15, 0.2) is 0 Å². The van der Waals surface area contributed by atoms with E-state index in [-0.39, 0.29) is 41.0 Å². The van der Waals surface area contributed by atoms with Gasteiger partial charge in [-0.25, -0.2) is 8.42 Å². The van der Waals surface area contributed by atoms with Crippen LogP contribution < -0.4 is 5.32 Å². The molecule has 2 rings (SSSR count). The number of rotatable bonds is 8. The van der Waals surface area contributed by atoms with Crippen molar-refractivity contribution in [1.82, 2.24) is 9.21 Å². The maximum absolute atomic E-state index is 12.8. The molecular weight excluding hydrogens is 426 g/mol. The number of amides is 2. The molecule has 0 unspecified atom stereocenters. The first-order valence-corrected chi connectivity index (χ1v) is 11.3. The van der Waals surface area contributed by atoms with Crippen LogP contribution in [0.25, 0.3) is 0 Å². The quantitative estimate of drug-likeness (QED) is 0.666. The molecule has 0 fully saturated rings. The lowest BCUT2D eigenvalue weighted by molar-refractivity contribution is -0.116. The number of anilines is 1. The minimum absolute atomic E-state index is 0.0400. The molecule has 0 aromatic heterocycles. The molecule has 2 aromatic rings. The molecule has 0 aliphatic rings. The van der Waals surface area contributed by atoms with E-state index in [2.05, 4.69) is 5.32 Å². The summed E-state index contributed by atoms with van der Waals surface area (Å²) in [5.41, 5.74) is 1.83. The molecule has 0 saturated heterocycles. The third kappa shape index (κ3) is 5.59. The van der Waals surface area contributed by atoms with Gasteiger partial charge in [-0.05, 0) is 37.3 Å².